The van der Waals surface area contributed by atoms with Crippen LogP contribution in [0.5, 0.6) is 11.5 Å². The molecule has 3 aromatic rings. The van der Waals surface area contributed by atoms with Gasteiger partial charge in [0.2, 0.25) is 0 Å². The van der Waals surface area contributed by atoms with Crippen molar-refractivity contribution in [2.24, 2.45) is 5.92 Å². The van der Waals surface area contributed by atoms with Crippen LogP contribution < -0.4 is 9.47 Å². The zero-order chi connectivity index (χ0) is 22.7. The number of nitrogens with one attached hydrogen (secondary N) is 1. The number of carbonyl (C=O) groups excluding carboxylic acids is 1. The normalized spacial score (nSPS) is 14.7. The number of aromatic amines is 1. The number of carbonyl (C=O) groups is 1. The molecule has 1 aliphatic rings. The molecule has 8 heteroatoms. The molecule has 1 fully saturated rings. The molecule has 0 aliphatic carbocycles. The van der Waals surface area contributed by atoms with Crippen LogP contribution in [0.3, 0.4) is 0 Å². The van der Waals surface area contributed by atoms with Gasteiger partial charge in [-0.05, 0) is 43.0 Å². The van der Waals surface area contributed by atoms with E-state index in [0.717, 1.165) is 43.9 Å². The molecule has 0 saturated carbocycles. The standard InChI is InChI=1S/C24H31N5O3/c1-16(2)23-25-9-12-29(23)15-17-7-10-28(11-8-17)24(30)21-14-20(26-27-21)19-13-18(31-3)5-6-22(19)32-4/h5-6,9,12-14,16-17H,7-8,10-11,15H2,1-4H3,(H,26,27). The van der Waals surface area contributed by atoms with E-state index in [-0.39, 0.29) is 5.91 Å². The van der Waals surface area contributed by atoms with Crippen molar-refractivity contribution in [1.29, 1.82) is 0 Å². The number of ether oxygens (including phenoxy) is 2. The van der Waals surface area contributed by atoms with Crippen molar-refractivity contribution >= 4 is 5.91 Å². The third-order valence-electron chi connectivity index (χ3n) is 6.11. The van der Waals surface area contributed by atoms with Crippen LogP contribution in [0.2, 0.25) is 0 Å². The molecule has 0 radical (unpaired) electrons. The lowest BCUT2D eigenvalue weighted by Crippen LogP contribution is -2.39. The van der Waals surface area contributed by atoms with Gasteiger partial charge in [0, 0.05) is 43.5 Å². The van der Waals surface area contributed by atoms with Crippen molar-refractivity contribution in [2.75, 3.05) is 27.3 Å². The first kappa shape index (κ1) is 21.9. The molecule has 0 bridgehead atoms. The molecular weight excluding hydrogens is 406 g/mol. The van der Waals surface area contributed by atoms with Gasteiger partial charge in [0.25, 0.3) is 5.91 Å². The van der Waals surface area contributed by atoms with Gasteiger partial charge in [-0.1, -0.05) is 13.8 Å². The summed E-state index contributed by atoms with van der Waals surface area (Å²) in [7, 11) is 3.23. The van der Waals surface area contributed by atoms with Gasteiger partial charge in [0.15, 0.2) is 0 Å². The minimum absolute atomic E-state index is 0.0189. The first-order valence-corrected chi connectivity index (χ1v) is 11.1. The number of nitrogens with zero attached hydrogens (tertiary/aromatic N) is 4. The largest absolute Gasteiger partial charge is 0.497 e. The summed E-state index contributed by atoms with van der Waals surface area (Å²) in [6, 6.07) is 7.31. The van der Waals surface area contributed by atoms with Gasteiger partial charge in [0.1, 0.15) is 23.0 Å². The van der Waals surface area contributed by atoms with Crippen molar-refractivity contribution in [1.82, 2.24) is 24.6 Å². The summed E-state index contributed by atoms with van der Waals surface area (Å²) in [6.07, 6.45) is 5.89. The van der Waals surface area contributed by atoms with Gasteiger partial charge in [-0.2, -0.15) is 5.10 Å². The second-order valence-corrected chi connectivity index (χ2v) is 8.56. The van der Waals surface area contributed by atoms with Crippen LogP contribution in [0, 0.1) is 5.92 Å². The van der Waals surface area contributed by atoms with Gasteiger partial charge in [0.05, 0.1) is 19.9 Å². The van der Waals surface area contributed by atoms with Crippen LogP contribution in [0.4, 0.5) is 0 Å². The highest BCUT2D eigenvalue weighted by molar-refractivity contribution is 5.93. The van der Waals surface area contributed by atoms with Gasteiger partial charge in [-0.25, -0.2) is 4.98 Å². The van der Waals surface area contributed by atoms with Gasteiger partial charge in [-0.15, -0.1) is 0 Å². The number of amides is 1. The zero-order valence-corrected chi connectivity index (χ0v) is 19.2. The van der Waals surface area contributed by atoms with E-state index < -0.39 is 0 Å². The van der Waals surface area contributed by atoms with E-state index in [1.165, 1.54) is 0 Å². The molecule has 1 N–H and O–H groups in total. The van der Waals surface area contributed by atoms with E-state index >= 15 is 0 Å². The van der Waals surface area contributed by atoms with E-state index in [0.29, 0.717) is 34.7 Å². The number of hydrogen-bond acceptors (Lipinski definition) is 5. The lowest BCUT2D eigenvalue weighted by Gasteiger charge is -2.32. The summed E-state index contributed by atoms with van der Waals surface area (Å²) in [5, 5.41) is 7.27. The minimum atomic E-state index is -0.0189. The number of methoxy groups -OCH3 is 2. The quantitative estimate of drug-likeness (QED) is 0.605. The number of rotatable bonds is 7. The van der Waals surface area contributed by atoms with Gasteiger partial charge >= 0.3 is 0 Å². The number of hydrogen-bond donors (Lipinski definition) is 1. The molecule has 32 heavy (non-hydrogen) atoms. The predicted molar refractivity (Wildman–Crippen MR) is 122 cm³/mol. The molecule has 2 aromatic heterocycles. The number of piperidine rings is 1. The first-order valence-electron chi connectivity index (χ1n) is 11.1. The van der Waals surface area contributed by atoms with E-state index in [9.17, 15) is 4.79 Å². The number of aromatic nitrogens is 4. The SMILES string of the molecule is COc1ccc(OC)c(-c2cc(C(=O)N3CCC(Cn4ccnc4C(C)C)CC3)[nH]n2)c1. The molecule has 8 nitrogen and oxygen atoms in total. The zero-order valence-electron chi connectivity index (χ0n) is 19.2. The van der Waals surface area contributed by atoms with E-state index in [2.05, 4.69) is 39.8 Å². The molecule has 1 aromatic carbocycles. The Hall–Kier alpha value is -3.29. The smallest absolute Gasteiger partial charge is 0.271 e. The second kappa shape index (κ2) is 9.46. The molecular formula is C24H31N5O3. The average molecular weight is 438 g/mol. The Morgan fingerprint density at radius 1 is 1.19 bits per heavy atom. The lowest BCUT2D eigenvalue weighted by atomic mass is 9.96. The fourth-order valence-corrected chi connectivity index (χ4v) is 4.33. The molecule has 0 atom stereocenters. The Labute approximate surface area is 188 Å². The second-order valence-electron chi connectivity index (χ2n) is 8.56. The fraction of sp³-hybridized carbons (Fsp3) is 0.458. The lowest BCUT2D eigenvalue weighted by molar-refractivity contribution is 0.0676. The average Bonchev–Trinajstić information content (AvgIpc) is 3.48. The highest BCUT2D eigenvalue weighted by Gasteiger charge is 2.26. The van der Waals surface area contributed by atoms with Crippen molar-refractivity contribution in [2.45, 2.75) is 39.2 Å². The predicted octanol–water partition coefficient (Wildman–Crippen LogP) is 3.97. The minimum Gasteiger partial charge on any atom is -0.497 e. The Morgan fingerprint density at radius 2 is 1.97 bits per heavy atom. The highest BCUT2D eigenvalue weighted by atomic mass is 16.5. The van der Waals surface area contributed by atoms with Gasteiger partial charge in [-0.3, -0.25) is 9.89 Å². The van der Waals surface area contributed by atoms with Crippen LogP contribution in [0.1, 0.15) is 48.9 Å². The summed E-state index contributed by atoms with van der Waals surface area (Å²) in [4.78, 5) is 19.5. The topological polar surface area (TPSA) is 85.3 Å². The third-order valence-corrected chi connectivity index (χ3v) is 6.11. The fourth-order valence-electron chi connectivity index (χ4n) is 4.33. The monoisotopic (exact) mass is 437 g/mol. The molecule has 170 valence electrons. The first-order chi connectivity index (χ1) is 15.5. The van der Waals surface area contributed by atoms with Crippen molar-refractivity contribution in [3.63, 3.8) is 0 Å². The van der Waals surface area contributed by atoms with Crippen LogP contribution in [-0.4, -0.2) is 57.9 Å². The maximum Gasteiger partial charge on any atom is 0.271 e. The van der Waals surface area contributed by atoms with E-state index in [4.69, 9.17) is 9.47 Å². The van der Waals surface area contributed by atoms with E-state index in [1.807, 2.05) is 29.3 Å². The Bertz CT molecular complexity index is 1060. The molecule has 1 aliphatic heterocycles. The number of likely N-dealkylation sites (tertiary alicyclic amines) is 1. The number of H-pyrrole nitrogens is 1. The number of benzene rings is 1. The van der Waals surface area contributed by atoms with Crippen molar-refractivity contribution in [3.05, 3.63) is 48.2 Å². The summed E-state index contributed by atoms with van der Waals surface area (Å²) < 4.78 is 13.0. The van der Waals surface area contributed by atoms with Crippen LogP contribution >= 0.6 is 0 Å². The highest BCUT2D eigenvalue weighted by Crippen LogP contribution is 2.33. The number of imidazole rings is 1. The van der Waals surface area contributed by atoms with Gasteiger partial charge < -0.3 is 18.9 Å². The molecule has 1 amide bonds. The molecule has 3 heterocycles. The summed E-state index contributed by atoms with van der Waals surface area (Å²) in [6.45, 7) is 6.78. The van der Waals surface area contributed by atoms with Crippen molar-refractivity contribution in [3.8, 4) is 22.8 Å². The molecule has 0 unspecified atom stereocenters. The summed E-state index contributed by atoms with van der Waals surface area (Å²) in [5.41, 5.74) is 1.92. The maximum absolute atomic E-state index is 13.1. The van der Waals surface area contributed by atoms with Crippen molar-refractivity contribution < 1.29 is 14.3 Å². The Balaban J connectivity index is 1.40. The van der Waals surface area contributed by atoms with E-state index in [1.54, 1.807) is 20.3 Å². The maximum atomic E-state index is 13.1. The summed E-state index contributed by atoms with van der Waals surface area (Å²) >= 11 is 0. The molecule has 1 saturated heterocycles. The third kappa shape index (κ3) is 4.49. The molecule has 0 spiro atoms. The van der Waals surface area contributed by atoms with Crippen LogP contribution in [0.15, 0.2) is 36.7 Å². The Morgan fingerprint density at radius 3 is 2.66 bits per heavy atom. The summed E-state index contributed by atoms with van der Waals surface area (Å²) in [5.74, 6) is 3.44. The van der Waals surface area contributed by atoms with Crippen LogP contribution in [-0.2, 0) is 6.54 Å². The Kier molecular flexibility index (Phi) is 6.48. The molecule has 4 rings (SSSR count). The van der Waals surface area contributed by atoms with Crippen LogP contribution in [0.25, 0.3) is 11.3 Å².